The number of rotatable bonds is 5. The Morgan fingerprint density at radius 2 is 1.18 bits per heavy atom. The van der Waals surface area contributed by atoms with Crippen molar-refractivity contribution in [1.82, 2.24) is 19.5 Å². The third-order valence-electron chi connectivity index (χ3n) is 11.3. The summed E-state index contributed by atoms with van der Waals surface area (Å²) in [5, 5.41) is 5.56. The van der Waals surface area contributed by atoms with Gasteiger partial charge in [0.15, 0.2) is 17.5 Å². The first kappa shape index (κ1) is 31.7. The standard InChI is InChI=1S/C51H32N4O2/c1-3-12-31(13-4-1)33-23-27-46-42(28-33)38-25-24-35(30-47(38)56-46)55-43-20-9-7-16-36(43)41-29-34(22-26-44(41)55)50-52-49(32-14-5-2-6-15-32)53-51(54-50)40-19-11-18-39-37-17-8-10-21-45(37)57-48(39)40/h1-7,9-16,18-30H,8,17H2. The van der Waals surface area contributed by atoms with Gasteiger partial charge < -0.3 is 13.4 Å². The van der Waals surface area contributed by atoms with Crippen molar-refractivity contribution in [3.05, 3.63) is 175 Å². The second-order valence-corrected chi connectivity index (χ2v) is 14.7. The van der Waals surface area contributed by atoms with Gasteiger partial charge in [0, 0.05) is 55.4 Å². The topological polar surface area (TPSA) is 69.9 Å². The molecule has 268 valence electrons. The van der Waals surface area contributed by atoms with E-state index in [0.29, 0.717) is 17.5 Å². The number of benzene rings is 7. The molecule has 11 aromatic rings. The number of nitrogens with zero attached hydrogens (tertiary/aromatic N) is 4. The summed E-state index contributed by atoms with van der Waals surface area (Å²) in [5.74, 6) is 2.71. The molecule has 0 bridgehead atoms. The summed E-state index contributed by atoms with van der Waals surface area (Å²) in [6, 6.07) is 54.9. The van der Waals surface area contributed by atoms with Gasteiger partial charge in [-0.1, -0.05) is 103 Å². The van der Waals surface area contributed by atoms with Crippen LogP contribution in [0, 0.1) is 0 Å². The molecule has 0 spiro atoms. The maximum absolute atomic E-state index is 6.49. The Bertz CT molecular complexity index is 3410. The molecule has 0 unspecified atom stereocenters. The maximum atomic E-state index is 6.49. The summed E-state index contributed by atoms with van der Waals surface area (Å²) in [4.78, 5) is 15.3. The number of furan rings is 2. The fourth-order valence-electron chi connectivity index (χ4n) is 8.62. The molecule has 57 heavy (non-hydrogen) atoms. The molecule has 12 rings (SSSR count). The monoisotopic (exact) mass is 732 g/mol. The van der Waals surface area contributed by atoms with Crippen LogP contribution >= 0.6 is 0 Å². The number of fused-ring (bicyclic) bond motifs is 9. The van der Waals surface area contributed by atoms with E-state index in [2.05, 4.69) is 132 Å². The molecule has 1 aliphatic carbocycles. The highest BCUT2D eigenvalue weighted by Gasteiger charge is 2.22. The lowest BCUT2D eigenvalue weighted by molar-refractivity contribution is 0.596. The van der Waals surface area contributed by atoms with Crippen LogP contribution in [0.3, 0.4) is 0 Å². The molecular weight excluding hydrogens is 701 g/mol. The fraction of sp³-hybridized carbons (Fsp3) is 0.0392. The molecule has 6 heteroatoms. The Hall–Kier alpha value is -7.57. The lowest BCUT2D eigenvalue weighted by atomic mass is 10.00. The largest absolute Gasteiger partial charge is 0.456 e. The van der Waals surface area contributed by atoms with Crippen LogP contribution in [0.1, 0.15) is 17.7 Å². The molecule has 0 saturated heterocycles. The highest BCUT2D eigenvalue weighted by molar-refractivity contribution is 6.11. The van der Waals surface area contributed by atoms with Gasteiger partial charge in [0.1, 0.15) is 22.5 Å². The van der Waals surface area contributed by atoms with E-state index in [9.17, 15) is 0 Å². The van der Waals surface area contributed by atoms with Gasteiger partial charge in [-0.25, -0.2) is 15.0 Å². The van der Waals surface area contributed by atoms with E-state index >= 15 is 0 Å². The Kier molecular flexibility index (Phi) is 6.95. The first-order valence-electron chi connectivity index (χ1n) is 19.3. The average Bonchev–Trinajstić information content (AvgIpc) is 3.95. The van der Waals surface area contributed by atoms with E-state index in [1.54, 1.807) is 0 Å². The minimum Gasteiger partial charge on any atom is -0.456 e. The summed E-state index contributed by atoms with van der Waals surface area (Å²) in [6.45, 7) is 0. The molecular formula is C51H32N4O2. The molecule has 0 radical (unpaired) electrons. The number of para-hydroxylation sites is 2. The predicted octanol–water partition coefficient (Wildman–Crippen LogP) is 13.2. The molecule has 0 saturated carbocycles. The molecule has 6 nitrogen and oxygen atoms in total. The zero-order valence-electron chi connectivity index (χ0n) is 30.7. The molecule has 1 aliphatic rings. The fourth-order valence-corrected chi connectivity index (χ4v) is 8.62. The van der Waals surface area contributed by atoms with Crippen molar-refractivity contribution in [1.29, 1.82) is 0 Å². The number of hydrogen-bond donors (Lipinski definition) is 0. The maximum Gasteiger partial charge on any atom is 0.167 e. The van der Waals surface area contributed by atoms with E-state index in [1.807, 2.05) is 42.5 Å². The third-order valence-corrected chi connectivity index (χ3v) is 11.3. The molecule has 0 N–H and O–H groups in total. The smallest absolute Gasteiger partial charge is 0.167 e. The van der Waals surface area contributed by atoms with Gasteiger partial charge in [0.25, 0.3) is 0 Å². The molecule has 0 aliphatic heterocycles. The van der Waals surface area contributed by atoms with E-state index in [0.717, 1.165) is 95.7 Å². The van der Waals surface area contributed by atoms with Gasteiger partial charge in [0.2, 0.25) is 0 Å². The highest BCUT2D eigenvalue weighted by Crippen LogP contribution is 2.40. The SMILES string of the molecule is C1=Cc2oc3c(-c4nc(-c5ccccc5)nc(-c5ccc6c(c5)c5ccccc5n6-c5ccc6c(c5)oc5ccc(-c7ccccc7)cc56)n4)cccc3c2CC1. The first-order chi connectivity index (χ1) is 28.2. The molecule has 4 heterocycles. The van der Waals surface area contributed by atoms with Crippen molar-refractivity contribution in [2.24, 2.45) is 0 Å². The second-order valence-electron chi connectivity index (χ2n) is 14.7. The van der Waals surface area contributed by atoms with Crippen molar-refractivity contribution in [3.63, 3.8) is 0 Å². The van der Waals surface area contributed by atoms with E-state index in [-0.39, 0.29) is 0 Å². The van der Waals surface area contributed by atoms with Crippen molar-refractivity contribution in [2.75, 3.05) is 0 Å². The van der Waals surface area contributed by atoms with Crippen molar-refractivity contribution in [2.45, 2.75) is 12.8 Å². The molecule has 0 amide bonds. The van der Waals surface area contributed by atoms with Crippen LogP contribution < -0.4 is 0 Å². The van der Waals surface area contributed by atoms with Gasteiger partial charge in [-0.15, -0.1) is 0 Å². The van der Waals surface area contributed by atoms with Gasteiger partial charge in [-0.3, -0.25) is 0 Å². The van der Waals surface area contributed by atoms with Crippen LogP contribution in [0.4, 0.5) is 0 Å². The summed E-state index contributed by atoms with van der Waals surface area (Å²) >= 11 is 0. The van der Waals surface area contributed by atoms with Crippen LogP contribution in [-0.4, -0.2) is 19.5 Å². The van der Waals surface area contributed by atoms with E-state index in [1.165, 1.54) is 16.7 Å². The minimum atomic E-state index is 0.581. The summed E-state index contributed by atoms with van der Waals surface area (Å²) in [6.07, 6.45) is 6.21. The molecule has 0 fully saturated rings. The quantitative estimate of drug-likeness (QED) is 0.176. The molecule has 4 aromatic heterocycles. The summed E-state index contributed by atoms with van der Waals surface area (Å²) < 4.78 is 15.3. The first-order valence-corrected chi connectivity index (χ1v) is 19.3. The normalized spacial score (nSPS) is 12.7. The third kappa shape index (κ3) is 5.07. The predicted molar refractivity (Wildman–Crippen MR) is 230 cm³/mol. The lowest BCUT2D eigenvalue weighted by Crippen LogP contribution is -2.00. The van der Waals surface area contributed by atoms with Crippen LogP contribution in [0.5, 0.6) is 0 Å². The number of aryl methyl sites for hydroxylation is 1. The highest BCUT2D eigenvalue weighted by atomic mass is 16.3. The van der Waals surface area contributed by atoms with Crippen LogP contribution in [0.15, 0.2) is 173 Å². The number of hydrogen-bond acceptors (Lipinski definition) is 5. The summed E-state index contributed by atoms with van der Waals surface area (Å²) in [7, 11) is 0. The zero-order valence-corrected chi connectivity index (χ0v) is 30.7. The summed E-state index contributed by atoms with van der Waals surface area (Å²) in [5.41, 5.74) is 12.0. The van der Waals surface area contributed by atoms with Crippen LogP contribution in [0.25, 0.3) is 112 Å². The van der Waals surface area contributed by atoms with Gasteiger partial charge in [-0.2, -0.15) is 0 Å². The zero-order chi connectivity index (χ0) is 37.5. The minimum absolute atomic E-state index is 0.581. The number of allylic oxidation sites excluding steroid dienone is 1. The van der Waals surface area contributed by atoms with Gasteiger partial charge >= 0.3 is 0 Å². The van der Waals surface area contributed by atoms with Crippen LogP contribution in [-0.2, 0) is 6.42 Å². The second kappa shape index (κ2) is 12.5. The van der Waals surface area contributed by atoms with Crippen LogP contribution in [0.2, 0.25) is 0 Å². The van der Waals surface area contributed by atoms with Gasteiger partial charge in [0.05, 0.1) is 16.6 Å². The average molecular weight is 733 g/mol. The lowest BCUT2D eigenvalue weighted by Gasteiger charge is -2.10. The molecule has 0 atom stereocenters. The Morgan fingerprint density at radius 3 is 2.05 bits per heavy atom. The van der Waals surface area contributed by atoms with Crippen molar-refractivity contribution < 1.29 is 8.83 Å². The Balaban J connectivity index is 1.01. The Labute approximate surface area is 327 Å². The molecule has 7 aromatic carbocycles. The number of aromatic nitrogens is 4. The Morgan fingerprint density at radius 1 is 0.456 bits per heavy atom. The van der Waals surface area contributed by atoms with Crippen molar-refractivity contribution >= 4 is 60.8 Å². The van der Waals surface area contributed by atoms with Gasteiger partial charge in [-0.05, 0) is 84.6 Å². The van der Waals surface area contributed by atoms with E-state index in [4.69, 9.17) is 23.8 Å². The van der Waals surface area contributed by atoms with E-state index < -0.39 is 0 Å². The van der Waals surface area contributed by atoms with Crippen molar-refractivity contribution in [3.8, 4) is 51.0 Å².